The predicted octanol–water partition coefficient (Wildman–Crippen LogP) is 6.73. The second kappa shape index (κ2) is 16.5. The Morgan fingerprint density at radius 3 is 1.35 bits per heavy atom. The van der Waals surface area contributed by atoms with E-state index >= 15 is 0 Å². The topological polar surface area (TPSA) is 96.0 Å². The minimum Gasteiger partial charge on any atom is -0.493 e. The number of hydrogen-bond donors (Lipinski definition) is 0. The van der Waals surface area contributed by atoms with Crippen LogP contribution in [0.2, 0.25) is 0 Å². The maximum atomic E-state index is 13.4. The summed E-state index contributed by atoms with van der Waals surface area (Å²) in [4.78, 5) is 31.8. The molecule has 0 amide bonds. The average Bonchev–Trinajstić information content (AvgIpc) is 3.12. The molecule has 6 atom stereocenters. The highest BCUT2D eigenvalue weighted by Crippen LogP contribution is 2.46. The van der Waals surface area contributed by atoms with E-state index in [1.54, 1.807) is 28.4 Å². The van der Waals surface area contributed by atoms with Crippen molar-refractivity contribution in [3.63, 3.8) is 0 Å². The van der Waals surface area contributed by atoms with Gasteiger partial charge in [0.2, 0.25) is 0 Å². The van der Waals surface area contributed by atoms with Crippen molar-refractivity contribution in [2.24, 2.45) is 23.7 Å². The number of carbonyl (C=O) groups excluding carboxylic acids is 2. The fourth-order valence-electron chi connectivity index (χ4n) is 9.28. The van der Waals surface area contributed by atoms with Gasteiger partial charge in [0.1, 0.15) is 12.2 Å². The monoisotopic (exact) mass is 718 g/mol. The summed E-state index contributed by atoms with van der Waals surface area (Å²) >= 11 is 0. The molecular weight excluding hydrogens is 660 g/mol. The fraction of sp³-hybridized carbons (Fsp3) is 0.619. The van der Waals surface area contributed by atoms with Gasteiger partial charge in [-0.3, -0.25) is 9.80 Å². The minimum atomic E-state index is -0.511. The number of fused-ring (bicyclic) bond motifs is 6. The van der Waals surface area contributed by atoms with Crippen LogP contribution in [-0.2, 0) is 31.9 Å². The molecule has 2 fully saturated rings. The largest absolute Gasteiger partial charge is 0.493 e. The van der Waals surface area contributed by atoms with Crippen LogP contribution in [0.1, 0.15) is 87.7 Å². The lowest BCUT2D eigenvalue weighted by Crippen LogP contribution is -2.49. The quantitative estimate of drug-likeness (QED) is 0.174. The zero-order valence-corrected chi connectivity index (χ0v) is 32.3. The molecule has 0 radical (unpaired) electrons. The van der Waals surface area contributed by atoms with Gasteiger partial charge < -0.3 is 28.4 Å². The van der Waals surface area contributed by atoms with Crippen LogP contribution in [0.3, 0.4) is 0 Å². The molecule has 2 aromatic carbocycles. The summed E-state index contributed by atoms with van der Waals surface area (Å²) in [5, 5.41) is 0. The smallest absolute Gasteiger partial charge is 0.331 e. The van der Waals surface area contributed by atoms with Gasteiger partial charge in [-0.2, -0.15) is 0 Å². The van der Waals surface area contributed by atoms with Gasteiger partial charge >= 0.3 is 11.9 Å². The predicted molar refractivity (Wildman–Crippen MR) is 199 cm³/mol. The van der Waals surface area contributed by atoms with Crippen molar-refractivity contribution in [2.45, 2.75) is 90.5 Å². The van der Waals surface area contributed by atoms with E-state index in [2.05, 4.69) is 61.8 Å². The van der Waals surface area contributed by atoms with Gasteiger partial charge in [0.15, 0.2) is 23.0 Å². The first-order chi connectivity index (χ1) is 25.0. The van der Waals surface area contributed by atoms with Gasteiger partial charge in [-0.05, 0) is 84.0 Å². The zero-order valence-electron chi connectivity index (χ0n) is 32.3. The van der Waals surface area contributed by atoms with Crippen molar-refractivity contribution in [1.29, 1.82) is 0 Å². The van der Waals surface area contributed by atoms with Gasteiger partial charge in [-0.1, -0.05) is 27.7 Å². The van der Waals surface area contributed by atoms with Crippen molar-refractivity contribution in [3.8, 4) is 23.0 Å². The molecule has 2 aromatic rings. The molecule has 284 valence electrons. The van der Waals surface area contributed by atoms with Crippen molar-refractivity contribution in [2.75, 3.05) is 54.6 Å². The molecule has 0 spiro atoms. The molecule has 4 aliphatic rings. The Morgan fingerprint density at radius 1 is 0.635 bits per heavy atom. The maximum absolute atomic E-state index is 13.4. The van der Waals surface area contributed by atoms with E-state index in [4.69, 9.17) is 28.4 Å². The van der Waals surface area contributed by atoms with Crippen LogP contribution in [0, 0.1) is 23.7 Å². The summed E-state index contributed by atoms with van der Waals surface area (Å²) in [7, 11) is 6.63. The van der Waals surface area contributed by atoms with Crippen LogP contribution in [0.15, 0.2) is 36.4 Å². The molecule has 0 unspecified atom stereocenters. The lowest BCUT2D eigenvalue weighted by Gasteiger charge is -2.47. The molecule has 0 aromatic heterocycles. The number of piperidine rings is 2. The molecule has 52 heavy (non-hydrogen) atoms. The number of methoxy groups -OCH3 is 4. The van der Waals surface area contributed by atoms with E-state index in [0.717, 1.165) is 63.4 Å². The van der Waals surface area contributed by atoms with E-state index in [-0.39, 0.29) is 36.1 Å². The van der Waals surface area contributed by atoms with Crippen LogP contribution in [0.25, 0.3) is 0 Å². The molecule has 0 saturated carbocycles. The highest BCUT2D eigenvalue weighted by atomic mass is 16.6. The zero-order chi connectivity index (χ0) is 37.1. The number of ether oxygens (including phenoxy) is 6. The van der Waals surface area contributed by atoms with Gasteiger partial charge in [-0.15, -0.1) is 0 Å². The first-order valence-corrected chi connectivity index (χ1v) is 19.1. The highest BCUT2D eigenvalue weighted by Gasteiger charge is 2.43. The second-order valence-corrected chi connectivity index (χ2v) is 15.9. The van der Waals surface area contributed by atoms with E-state index < -0.39 is 11.9 Å². The van der Waals surface area contributed by atoms with Gasteiger partial charge in [0.25, 0.3) is 0 Å². The van der Waals surface area contributed by atoms with Gasteiger partial charge in [0, 0.05) is 75.1 Å². The minimum absolute atomic E-state index is 0.105. The average molecular weight is 719 g/mol. The number of hydrogen-bond acceptors (Lipinski definition) is 10. The van der Waals surface area contributed by atoms with Crippen molar-refractivity contribution in [1.82, 2.24) is 9.80 Å². The first-order valence-electron chi connectivity index (χ1n) is 19.1. The fourth-order valence-corrected chi connectivity index (χ4v) is 9.28. The summed E-state index contributed by atoms with van der Waals surface area (Å²) in [5.41, 5.74) is 4.89. The lowest BCUT2D eigenvalue weighted by molar-refractivity contribution is -0.154. The second-order valence-electron chi connectivity index (χ2n) is 15.9. The van der Waals surface area contributed by atoms with E-state index in [1.807, 2.05) is 0 Å². The molecule has 0 aliphatic carbocycles. The third kappa shape index (κ3) is 8.23. The highest BCUT2D eigenvalue weighted by molar-refractivity contribution is 5.91. The van der Waals surface area contributed by atoms with Crippen LogP contribution in [-0.4, -0.2) is 88.6 Å². The Labute approximate surface area is 309 Å². The number of benzene rings is 2. The van der Waals surface area contributed by atoms with Crippen molar-refractivity contribution in [3.05, 3.63) is 58.7 Å². The van der Waals surface area contributed by atoms with Gasteiger partial charge in [-0.25, -0.2) is 9.59 Å². The number of carbonyl (C=O) groups is 2. The SMILES string of the molecule is COc1cc2c(cc1OC)[C@H]1C[C@@H](OC(=O)/C=C\C(=O)O[C@@H]3C[C@@H]4c5cc(OC)c(OC)cc5CCN4C[C@H]3CC(C)C)[C@H](CC(C)C)CN1CC2. The summed E-state index contributed by atoms with van der Waals surface area (Å²) in [6, 6.07) is 8.54. The van der Waals surface area contributed by atoms with E-state index in [0.29, 0.717) is 36.2 Å². The molecule has 4 heterocycles. The Bertz CT molecular complexity index is 1500. The molecule has 0 N–H and O–H groups in total. The molecule has 10 nitrogen and oxygen atoms in total. The number of nitrogens with zero attached hydrogens (tertiary/aromatic N) is 2. The normalized spacial score (nSPS) is 25.9. The Hall–Kier alpha value is -3.76. The molecule has 10 heteroatoms. The molecule has 0 bridgehead atoms. The molecule has 2 saturated heterocycles. The number of rotatable bonds is 12. The van der Waals surface area contributed by atoms with Crippen molar-refractivity contribution >= 4 is 11.9 Å². The van der Waals surface area contributed by atoms with Crippen molar-refractivity contribution < 1.29 is 38.0 Å². The Morgan fingerprint density at radius 2 is 1.00 bits per heavy atom. The van der Waals surface area contributed by atoms with Crippen LogP contribution in [0.4, 0.5) is 0 Å². The third-order valence-electron chi connectivity index (χ3n) is 11.6. The Balaban J connectivity index is 1.15. The van der Waals surface area contributed by atoms with E-state index in [9.17, 15) is 9.59 Å². The Kier molecular flexibility index (Phi) is 12.1. The third-order valence-corrected chi connectivity index (χ3v) is 11.6. The maximum Gasteiger partial charge on any atom is 0.331 e. The van der Waals surface area contributed by atoms with Gasteiger partial charge in [0.05, 0.1) is 28.4 Å². The standard InChI is InChI=1S/C42H58N2O8/c1-25(2)15-29-23-43-13-11-27-17-37(47-5)39(49-7)19-31(27)33(43)21-35(29)51-41(45)9-10-42(46)52-36-22-34-32-20-40(50-8)38(48-6)18-28(32)12-14-44(34)24-30(36)16-26(3)4/h9-10,17-20,25-26,29-30,33-36H,11-16,21-24H2,1-8H3/b10-9-/t29-,30-,33-,34-,35-,36-/m1/s1. The summed E-state index contributed by atoms with van der Waals surface area (Å²) < 4.78 is 34.8. The number of esters is 2. The lowest BCUT2D eigenvalue weighted by atomic mass is 9.79. The molecular formula is C42H58N2O8. The molecule has 4 aliphatic heterocycles. The summed E-state index contributed by atoms with van der Waals surface area (Å²) in [6.45, 7) is 12.4. The van der Waals surface area contributed by atoms with Crippen LogP contribution < -0.4 is 18.9 Å². The summed E-state index contributed by atoms with van der Waals surface area (Å²) in [5.74, 6) is 3.16. The first kappa shape index (κ1) is 38.0. The van der Waals surface area contributed by atoms with Crippen LogP contribution >= 0.6 is 0 Å². The van der Waals surface area contributed by atoms with E-state index in [1.165, 1.54) is 34.4 Å². The molecule has 6 rings (SSSR count). The summed E-state index contributed by atoms with van der Waals surface area (Å²) in [6.07, 6.45) is 7.07. The van der Waals surface area contributed by atoms with Crippen LogP contribution in [0.5, 0.6) is 23.0 Å².